The van der Waals surface area contributed by atoms with Crippen LogP contribution < -0.4 is 10.1 Å². The molecule has 102 valence electrons. The van der Waals surface area contributed by atoms with Crippen molar-refractivity contribution in [2.45, 2.75) is 13.8 Å². The van der Waals surface area contributed by atoms with E-state index in [0.29, 0.717) is 12.2 Å². The maximum Gasteiger partial charge on any atom is 0.352 e. The highest BCUT2D eigenvalue weighted by atomic mass is 16.5. The fourth-order valence-electron chi connectivity index (χ4n) is 1.40. The number of aliphatic carboxylic acids is 1. The van der Waals surface area contributed by atoms with Gasteiger partial charge in [0, 0.05) is 6.92 Å². The van der Waals surface area contributed by atoms with E-state index in [-0.39, 0.29) is 17.2 Å². The number of ether oxygens (including phenoxy) is 1. The first kappa shape index (κ1) is 14.6. The molecule has 0 radical (unpaired) electrons. The number of amides is 1. The molecule has 0 fully saturated rings. The molecule has 0 spiro atoms. The number of carbonyl (C=O) groups excluding carboxylic acids is 1. The predicted octanol–water partition coefficient (Wildman–Crippen LogP) is 1.35. The van der Waals surface area contributed by atoms with Crippen molar-refractivity contribution in [1.82, 2.24) is 5.32 Å². The van der Waals surface area contributed by atoms with Crippen molar-refractivity contribution < 1.29 is 24.5 Å². The molecule has 1 aromatic carbocycles. The van der Waals surface area contributed by atoms with Crippen LogP contribution in [-0.4, -0.2) is 28.7 Å². The third-order valence-corrected chi connectivity index (χ3v) is 2.14. The molecule has 19 heavy (non-hydrogen) atoms. The number of phenolic OH excluding ortho intramolecular Hbond substituents is 1. The van der Waals surface area contributed by atoms with Crippen LogP contribution in [0.15, 0.2) is 23.9 Å². The summed E-state index contributed by atoms with van der Waals surface area (Å²) in [6.07, 6.45) is 1.28. The molecule has 1 amide bonds. The molecule has 3 N–H and O–H groups in total. The Kier molecular flexibility index (Phi) is 4.93. The van der Waals surface area contributed by atoms with Crippen LogP contribution in [0.3, 0.4) is 0 Å². The molecule has 0 aliphatic carbocycles. The summed E-state index contributed by atoms with van der Waals surface area (Å²) in [7, 11) is 0. The highest BCUT2D eigenvalue weighted by molar-refractivity contribution is 5.96. The van der Waals surface area contributed by atoms with Gasteiger partial charge in [-0.25, -0.2) is 4.79 Å². The summed E-state index contributed by atoms with van der Waals surface area (Å²) in [6, 6.07) is 4.40. The second-order valence-electron chi connectivity index (χ2n) is 3.70. The number of hydrogen-bond acceptors (Lipinski definition) is 4. The van der Waals surface area contributed by atoms with Crippen molar-refractivity contribution in [2.75, 3.05) is 6.61 Å². The van der Waals surface area contributed by atoms with E-state index in [4.69, 9.17) is 9.84 Å². The summed E-state index contributed by atoms with van der Waals surface area (Å²) < 4.78 is 5.19. The van der Waals surface area contributed by atoms with Crippen molar-refractivity contribution >= 4 is 18.0 Å². The Bertz CT molecular complexity index is 522. The van der Waals surface area contributed by atoms with Crippen molar-refractivity contribution in [1.29, 1.82) is 0 Å². The van der Waals surface area contributed by atoms with E-state index in [2.05, 4.69) is 5.32 Å². The number of benzene rings is 1. The molecule has 0 unspecified atom stereocenters. The van der Waals surface area contributed by atoms with Crippen LogP contribution in [0.4, 0.5) is 0 Å². The summed E-state index contributed by atoms with van der Waals surface area (Å²) in [5.41, 5.74) is 0.244. The van der Waals surface area contributed by atoms with Gasteiger partial charge in [-0.3, -0.25) is 4.79 Å². The first-order chi connectivity index (χ1) is 8.93. The van der Waals surface area contributed by atoms with Crippen LogP contribution >= 0.6 is 0 Å². The summed E-state index contributed by atoms with van der Waals surface area (Å²) in [4.78, 5) is 21.8. The number of aromatic hydroxyl groups is 1. The molecule has 1 aromatic rings. The molecule has 6 nitrogen and oxygen atoms in total. The Morgan fingerprint density at radius 3 is 2.63 bits per heavy atom. The van der Waals surface area contributed by atoms with E-state index in [1.807, 2.05) is 0 Å². The Morgan fingerprint density at radius 2 is 2.11 bits per heavy atom. The lowest BCUT2D eigenvalue weighted by molar-refractivity contribution is -0.134. The van der Waals surface area contributed by atoms with Gasteiger partial charge in [0.25, 0.3) is 0 Å². The van der Waals surface area contributed by atoms with E-state index in [1.54, 1.807) is 6.92 Å². The lowest BCUT2D eigenvalue weighted by Crippen LogP contribution is -2.24. The van der Waals surface area contributed by atoms with Crippen LogP contribution in [0.2, 0.25) is 0 Å². The predicted molar refractivity (Wildman–Crippen MR) is 68.7 cm³/mol. The Labute approximate surface area is 110 Å². The third-order valence-electron chi connectivity index (χ3n) is 2.14. The van der Waals surface area contributed by atoms with Crippen molar-refractivity contribution in [2.24, 2.45) is 0 Å². The van der Waals surface area contributed by atoms with Crippen LogP contribution in [0, 0.1) is 0 Å². The molecule has 0 aromatic heterocycles. The first-order valence-corrected chi connectivity index (χ1v) is 5.62. The largest absolute Gasteiger partial charge is 0.504 e. The molecular weight excluding hydrogens is 250 g/mol. The van der Waals surface area contributed by atoms with Crippen LogP contribution in [0.5, 0.6) is 11.5 Å². The van der Waals surface area contributed by atoms with Gasteiger partial charge in [0.15, 0.2) is 11.5 Å². The monoisotopic (exact) mass is 265 g/mol. The quantitative estimate of drug-likeness (QED) is 0.698. The van der Waals surface area contributed by atoms with E-state index < -0.39 is 11.9 Å². The average molecular weight is 265 g/mol. The number of rotatable bonds is 5. The van der Waals surface area contributed by atoms with Gasteiger partial charge < -0.3 is 20.3 Å². The van der Waals surface area contributed by atoms with Gasteiger partial charge in [0.05, 0.1) is 6.61 Å². The molecule has 0 atom stereocenters. The van der Waals surface area contributed by atoms with Gasteiger partial charge in [-0.2, -0.15) is 0 Å². The zero-order chi connectivity index (χ0) is 14.4. The fourth-order valence-corrected chi connectivity index (χ4v) is 1.40. The van der Waals surface area contributed by atoms with E-state index in [9.17, 15) is 14.7 Å². The second kappa shape index (κ2) is 6.44. The standard InChI is InChI=1S/C13H15NO5/c1-3-19-12-7-9(4-5-11(12)16)6-10(13(17)18)14-8(2)15/h4-7,16H,3H2,1-2H3,(H,14,15)(H,17,18). The lowest BCUT2D eigenvalue weighted by Gasteiger charge is -2.07. The van der Waals surface area contributed by atoms with E-state index in [1.165, 1.54) is 31.2 Å². The van der Waals surface area contributed by atoms with Crippen molar-refractivity contribution in [3.8, 4) is 11.5 Å². The third kappa shape index (κ3) is 4.34. The molecule has 6 heteroatoms. The van der Waals surface area contributed by atoms with Gasteiger partial charge in [-0.1, -0.05) is 6.07 Å². The minimum Gasteiger partial charge on any atom is -0.504 e. The Hall–Kier alpha value is -2.50. The minimum absolute atomic E-state index is 0.0320. The molecule has 0 saturated heterocycles. The molecule has 0 heterocycles. The maximum absolute atomic E-state index is 11.0. The van der Waals surface area contributed by atoms with Crippen LogP contribution in [0.1, 0.15) is 19.4 Å². The number of carbonyl (C=O) groups is 2. The zero-order valence-corrected chi connectivity index (χ0v) is 10.6. The number of hydrogen-bond donors (Lipinski definition) is 3. The second-order valence-corrected chi connectivity index (χ2v) is 3.70. The van der Waals surface area contributed by atoms with Crippen molar-refractivity contribution in [3.05, 3.63) is 29.5 Å². The van der Waals surface area contributed by atoms with Gasteiger partial charge in [0.1, 0.15) is 5.70 Å². The lowest BCUT2D eigenvalue weighted by atomic mass is 10.1. The summed E-state index contributed by atoms with van der Waals surface area (Å²) >= 11 is 0. The first-order valence-electron chi connectivity index (χ1n) is 5.62. The SMILES string of the molecule is CCOc1cc(C=C(NC(C)=O)C(=O)O)ccc1O. The number of nitrogens with one attached hydrogen (secondary N) is 1. The summed E-state index contributed by atoms with van der Waals surface area (Å²) in [6.45, 7) is 3.36. The number of carboxylic acids is 1. The summed E-state index contributed by atoms with van der Waals surface area (Å²) in [5.74, 6) is -1.50. The fraction of sp³-hybridized carbons (Fsp3) is 0.231. The topological polar surface area (TPSA) is 95.9 Å². The highest BCUT2D eigenvalue weighted by Crippen LogP contribution is 2.27. The maximum atomic E-state index is 11.0. The smallest absolute Gasteiger partial charge is 0.352 e. The van der Waals surface area contributed by atoms with Gasteiger partial charge in [0.2, 0.25) is 5.91 Å². The molecular formula is C13H15NO5. The van der Waals surface area contributed by atoms with Gasteiger partial charge >= 0.3 is 5.97 Å². The van der Waals surface area contributed by atoms with E-state index >= 15 is 0 Å². The average Bonchev–Trinajstić information content (AvgIpc) is 2.32. The zero-order valence-electron chi connectivity index (χ0n) is 10.6. The van der Waals surface area contributed by atoms with Gasteiger partial charge in [-0.15, -0.1) is 0 Å². The molecule has 0 aliphatic rings. The van der Waals surface area contributed by atoms with Crippen LogP contribution in [-0.2, 0) is 9.59 Å². The molecule has 1 rings (SSSR count). The minimum atomic E-state index is -1.25. The Morgan fingerprint density at radius 1 is 1.42 bits per heavy atom. The number of carboxylic acid groups (broad SMARTS) is 1. The summed E-state index contributed by atoms with van der Waals surface area (Å²) in [5, 5.41) is 20.7. The van der Waals surface area contributed by atoms with Gasteiger partial charge in [-0.05, 0) is 30.7 Å². The molecule has 0 bridgehead atoms. The molecule has 0 saturated carbocycles. The van der Waals surface area contributed by atoms with Crippen molar-refractivity contribution in [3.63, 3.8) is 0 Å². The highest BCUT2D eigenvalue weighted by Gasteiger charge is 2.10. The van der Waals surface area contributed by atoms with E-state index in [0.717, 1.165) is 0 Å². The molecule has 0 aliphatic heterocycles. The van der Waals surface area contributed by atoms with Crippen LogP contribution in [0.25, 0.3) is 6.08 Å². The Balaban J connectivity index is 3.10. The normalized spacial score (nSPS) is 10.9. The number of phenols is 1.